The number of carbonyl (C=O) groups is 2. The molecule has 0 atom stereocenters. The average Bonchev–Trinajstić information content (AvgIpc) is 2.53. The van der Waals surface area contributed by atoms with Crippen molar-refractivity contribution >= 4 is 11.8 Å². The SMILES string of the molecule is CCCCOc1ccccc1C(=O)NNC(=O)CCOCC. The van der Waals surface area contributed by atoms with Crippen LogP contribution in [0.25, 0.3) is 0 Å². The largest absolute Gasteiger partial charge is 0.493 e. The van der Waals surface area contributed by atoms with Crippen molar-refractivity contribution in [2.45, 2.75) is 33.1 Å². The second-order valence-electron chi connectivity index (χ2n) is 4.65. The molecule has 2 N–H and O–H groups in total. The van der Waals surface area contributed by atoms with Crippen LogP contribution in [0.5, 0.6) is 5.75 Å². The van der Waals surface area contributed by atoms with Gasteiger partial charge in [0.15, 0.2) is 0 Å². The van der Waals surface area contributed by atoms with E-state index in [2.05, 4.69) is 17.8 Å². The molecule has 0 unspecified atom stereocenters. The molecule has 6 heteroatoms. The van der Waals surface area contributed by atoms with Gasteiger partial charge in [-0.25, -0.2) is 0 Å². The van der Waals surface area contributed by atoms with E-state index in [1.807, 2.05) is 6.92 Å². The zero-order chi connectivity index (χ0) is 16.2. The Labute approximate surface area is 131 Å². The van der Waals surface area contributed by atoms with Crippen LogP contribution in [0.2, 0.25) is 0 Å². The Morgan fingerprint density at radius 1 is 1.09 bits per heavy atom. The molecule has 6 nitrogen and oxygen atoms in total. The monoisotopic (exact) mass is 308 g/mol. The number of carbonyl (C=O) groups excluding carboxylic acids is 2. The average molecular weight is 308 g/mol. The minimum Gasteiger partial charge on any atom is -0.493 e. The van der Waals surface area contributed by atoms with Crippen molar-refractivity contribution in [3.8, 4) is 5.75 Å². The number of para-hydroxylation sites is 1. The van der Waals surface area contributed by atoms with Crippen LogP contribution in [0.4, 0.5) is 0 Å². The van der Waals surface area contributed by atoms with Gasteiger partial charge in [0.1, 0.15) is 5.75 Å². The lowest BCUT2D eigenvalue weighted by Crippen LogP contribution is -2.42. The number of ether oxygens (including phenoxy) is 2. The summed E-state index contributed by atoms with van der Waals surface area (Å²) in [5, 5.41) is 0. The standard InChI is InChI=1S/C16H24N2O4/c1-3-5-11-22-14-9-7-6-8-13(14)16(20)18-17-15(19)10-12-21-4-2/h6-9H,3-5,10-12H2,1-2H3,(H,17,19)(H,18,20). The molecule has 122 valence electrons. The molecular formula is C16H24N2O4. The van der Waals surface area contributed by atoms with E-state index < -0.39 is 5.91 Å². The highest BCUT2D eigenvalue weighted by Crippen LogP contribution is 2.17. The lowest BCUT2D eigenvalue weighted by Gasteiger charge is -2.12. The lowest BCUT2D eigenvalue weighted by molar-refractivity contribution is -0.122. The van der Waals surface area contributed by atoms with Gasteiger partial charge in [-0.3, -0.25) is 20.4 Å². The predicted octanol–water partition coefficient (Wildman–Crippen LogP) is 2.05. The van der Waals surface area contributed by atoms with Crippen molar-refractivity contribution in [2.75, 3.05) is 19.8 Å². The van der Waals surface area contributed by atoms with Crippen LogP contribution >= 0.6 is 0 Å². The fraction of sp³-hybridized carbons (Fsp3) is 0.500. The summed E-state index contributed by atoms with van der Waals surface area (Å²) >= 11 is 0. The van der Waals surface area contributed by atoms with Crippen LogP contribution in [0.3, 0.4) is 0 Å². The van der Waals surface area contributed by atoms with E-state index in [4.69, 9.17) is 9.47 Å². The molecule has 22 heavy (non-hydrogen) atoms. The van der Waals surface area contributed by atoms with Crippen molar-refractivity contribution in [3.05, 3.63) is 29.8 Å². The molecule has 0 saturated heterocycles. The van der Waals surface area contributed by atoms with Gasteiger partial charge in [0.25, 0.3) is 5.91 Å². The highest BCUT2D eigenvalue weighted by molar-refractivity contribution is 5.97. The van der Waals surface area contributed by atoms with Crippen LogP contribution in [-0.4, -0.2) is 31.6 Å². The minimum absolute atomic E-state index is 0.197. The van der Waals surface area contributed by atoms with Crippen LogP contribution in [0.15, 0.2) is 24.3 Å². The Morgan fingerprint density at radius 3 is 2.59 bits per heavy atom. The van der Waals surface area contributed by atoms with Gasteiger partial charge in [0, 0.05) is 6.61 Å². The van der Waals surface area contributed by atoms with E-state index in [0.29, 0.717) is 31.1 Å². The van der Waals surface area contributed by atoms with Gasteiger partial charge in [-0.05, 0) is 25.5 Å². The summed E-state index contributed by atoms with van der Waals surface area (Å²) in [5.74, 6) is -0.194. The van der Waals surface area contributed by atoms with Crippen molar-refractivity contribution in [1.82, 2.24) is 10.9 Å². The first-order chi connectivity index (χ1) is 10.7. The van der Waals surface area contributed by atoms with E-state index in [1.54, 1.807) is 24.3 Å². The molecule has 0 bridgehead atoms. The molecule has 0 heterocycles. The van der Waals surface area contributed by atoms with Crippen LogP contribution in [0, 0.1) is 0 Å². The molecule has 0 spiro atoms. The van der Waals surface area contributed by atoms with Crippen molar-refractivity contribution < 1.29 is 19.1 Å². The molecule has 0 radical (unpaired) electrons. The summed E-state index contributed by atoms with van der Waals surface area (Å²) in [5.41, 5.74) is 5.14. The fourth-order valence-electron chi connectivity index (χ4n) is 1.67. The Hall–Kier alpha value is -2.08. The number of hydrazine groups is 1. The second-order valence-corrected chi connectivity index (χ2v) is 4.65. The van der Waals surface area contributed by atoms with E-state index in [1.165, 1.54) is 0 Å². The molecule has 1 rings (SSSR count). The zero-order valence-corrected chi connectivity index (χ0v) is 13.2. The maximum absolute atomic E-state index is 12.1. The molecule has 0 saturated carbocycles. The van der Waals surface area contributed by atoms with E-state index in [0.717, 1.165) is 12.8 Å². The Morgan fingerprint density at radius 2 is 1.86 bits per heavy atom. The molecule has 0 aliphatic heterocycles. The first-order valence-electron chi connectivity index (χ1n) is 7.57. The summed E-state index contributed by atoms with van der Waals surface area (Å²) in [6.07, 6.45) is 2.14. The van der Waals surface area contributed by atoms with E-state index in [9.17, 15) is 9.59 Å². The Kier molecular flexibility index (Phi) is 8.67. The topological polar surface area (TPSA) is 76.7 Å². The molecule has 0 fully saturated rings. The molecule has 1 aromatic rings. The third kappa shape index (κ3) is 6.58. The zero-order valence-electron chi connectivity index (χ0n) is 13.2. The first kappa shape index (κ1) is 18.0. The first-order valence-corrected chi connectivity index (χ1v) is 7.57. The second kappa shape index (κ2) is 10.6. The van der Waals surface area contributed by atoms with Crippen molar-refractivity contribution in [1.29, 1.82) is 0 Å². The number of nitrogens with one attached hydrogen (secondary N) is 2. The van der Waals surface area contributed by atoms with E-state index in [-0.39, 0.29) is 12.3 Å². The van der Waals surface area contributed by atoms with Gasteiger partial charge in [0.05, 0.1) is 25.2 Å². The predicted molar refractivity (Wildman–Crippen MR) is 83.6 cm³/mol. The van der Waals surface area contributed by atoms with Gasteiger partial charge in [-0.1, -0.05) is 25.5 Å². The highest BCUT2D eigenvalue weighted by atomic mass is 16.5. The molecule has 0 aliphatic carbocycles. The Balaban J connectivity index is 2.49. The maximum atomic E-state index is 12.1. The van der Waals surface area contributed by atoms with Gasteiger partial charge in [0.2, 0.25) is 5.91 Å². The molecule has 2 amide bonds. The van der Waals surface area contributed by atoms with Crippen molar-refractivity contribution in [2.24, 2.45) is 0 Å². The molecule has 0 aromatic heterocycles. The summed E-state index contributed by atoms with van der Waals surface area (Å²) in [6.45, 7) is 5.37. The van der Waals surface area contributed by atoms with E-state index >= 15 is 0 Å². The van der Waals surface area contributed by atoms with Crippen molar-refractivity contribution in [3.63, 3.8) is 0 Å². The highest BCUT2D eigenvalue weighted by Gasteiger charge is 2.12. The van der Waals surface area contributed by atoms with Crippen LogP contribution in [-0.2, 0) is 9.53 Å². The number of rotatable bonds is 9. The summed E-state index contributed by atoms with van der Waals surface area (Å²) in [4.78, 5) is 23.6. The summed E-state index contributed by atoms with van der Waals surface area (Å²) in [6, 6.07) is 6.95. The normalized spacial score (nSPS) is 10.1. The van der Waals surface area contributed by atoms with Crippen LogP contribution in [0.1, 0.15) is 43.5 Å². The van der Waals surface area contributed by atoms with Gasteiger partial charge < -0.3 is 9.47 Å². The fourth-order valence-corrected chi connectivity index (χ4v) is 1.67. The summed E-state index contributed by atoms with van der Waals surface area (Å²) in [7, 11) is 0. The minimum atomic E-state index is -0.406. The maximum Gasteiger partial charge on any atom is 0.273 e. The Bertz CT molecular complexity index is 477. The number of unbranched alkanes of at least 4 members (excludes halogenated alkanes) is 1. The third-order valence-corrected chi connectivity index (χ3v) is 2.88. The van der Waals surface area contributed by atoms with Gasteiger partial charge in [-0.2, -0.15) is 0 Å². The van der Waals surface area contributed by atoms with Crippen LogP contribution < -0.4 is 15.6 Å². The third-order valence-electron chi connectivity index (χ3n) is 2.88. The number of hydrogen-bond acceptors (Lipinski definition) is 4. The van der Waals surface area contributed by atoms with Gasteiger partial charge >= 0.3 is 0 Å². The quantitative estimate of drug-likeness (QED) is 0.541. The number of amides is 2. The molecule has 0 aliphatic rings. The summed E-state index contributed by atoms with van der Waals surface area (Å²) < 4.78 is 10.7. The molecular weight excluding hydrogens is 284 g/mol. The number of benzene rings is 1. The molecule has 1 aromatic carbocycles. The van der Waals surface area contributed by atoms with Gasteiger partial charge in [-0.15, -0.1) is 0 Å². The number of hydrogen-bond donors (Lipinski definition) is 2. The lowest BCUT2D eigenvalue weighted by atomic mass is 10.2. The smallest absolute Gasteiger partial charge is 0.273 e.